The van der Waals surface area contributed by atoms with E-state index in [1.165, 1.54) is 0 Å². The molecule has 1 aromatic heterocycles. The first kappa shape index (κ1) is 9.10. The van der Waals surface area contributed by atoms with E-state index in [9.17, 15) is 8.42 Å². The number of rotatable bonds is 3. The molecular weight excluding hydrogens is 184 g/mol. The van der Waals surface area contributed by atoms with Gasteiger partial charge >= 0.3 is 0 Å². The molecule has 8 heteroatoms. The maximum absolute atomic E-state index is 10.4. The largest absolute Gasteiger partial charge is 0.338 e. The van der Waals surface area contributed by atoms with Gasteiger partial charge in [0.2, 0.25) is 5.89 Å². The molecule has 0 aliphatic rings. The number of nitrogens with zero attached hydrogens (tertiary/aromatic N) is 2. The van der Waals surface area contributed by atoms with E-state index < -0.39 is 10.2 Å². The summed E-state index contributed by atoms with van der Waals surface area (Å²) in [5.41, 5.74) is 0. The fourth-order valence-corrected chi connectivity index (χ4v) is 0.899. The highest BCUT2D eigenvalue weighted by atomic mass is 32.2. The Morgan fingerprint density at radius 3 is 2.75 bits per heavy atom. The van der Waals surface area contributed by atoms with Crippen LogP contribution in [0.5, 0.6) is 0 Å². The Kier molecular flexibility index (Phi) is 2.40. The number of nitrogens with one attached hydrogen (secondary N) is 1. The molecule has 12 heavy (non-hydrogen) atoms. The molecule has 1 rings (SSSR count). The molecule has 0 aliphatic carbocycles. The van der Waals surface area contributed by atoms with E-state index in [0.717, 1.165) is 0 Å². The molecule has 0 saturated carbocycles. The van der Waals surface area contributed by atoms with Crippen LogP contribution in [-0.4, -0.2) is 18.6 Å². The van der Waals surface area contributed by atoms with Crippen LogP contribution < -0.4 is 9.86 Å². The van der Waals surface area contributed by atoms with Crippen molar-refractivity contribution >= 4 is 10.2 Å². The number of hydrogen-bond donors (Lipinski definition) is 2. The van der Waals surface area contributed by atoms with Crippen LogP contribution in [0, 0.1) is 6.92 Å². The zero-order chi connectivity index (χ0) is 9.19. The summed E-state index contributed by atoms with van der Waals surface area (Å²) in [7, 11) is -3.69. The number of nitrogens with two attached hydrogens (primary N) is 1. The van der Waals surface area contributed by atoms with Gasteiger partial charge in [-0.1, -0.05) is 5.16 Å². The highest BCUT2D eigenvalue weighted by Crippen LogP contribution is 1.94. The molecule has 7 nitrogen and oxygen atoms in total. The molecule has 0 aliphatic heterocycles. The van der Waals surface area contributed by atoms with E-state index in [4.69, 9.17) is 0 Å². The van der Waals surface area contributed by atoms with Crippen LogP contribution in [0.2, 0.25) is 0 Å². The van der Waals surface area contributed by atoms with Gasteiger partial charge in [-0.05, 0) is 6.92 Å². The second-order valence-electron chi connectivity index (χ2n) is 2.10. The van der Waals surface area contributed by atoms with Crippen LogP contribution in [0.15, 0.2) is 4.52 Å². The van der Waals surface area contributed by atoms with Gasteiger partial charge in [-0.15, -0.1) is 0 Å². The number of aromatic nitrogens is 2. The molecule has 3 N–H and O–H groups in total. The maximum Gasteiger partial charge on any atom is 0.274 e. The summed E-state index contributed by atoms with van der Waals surface area (Å²) in [5, 5.41) is 8.12. The second-order valence-corrected chi connectivity index (χ2v) is 3.48. The Morgan fingerprint density at radius 2 is 2.33 bits per heavy atom. The van der Waals surface area contributed by atoms with Gasteiger partial charge in [0.1, 0.15) is 0 Å². The minimum absolute atomic E-state index is 0.0837. The quantitative estimate of drug-likeness (QED) is 0.616. The van der Waals surface area contributed by atoms with Gasteiger partial charge in [0.05, 0.1) is 6.54 Å². The Morgan fingerprint density at radius 1 is 1.67 bits per heavy atom. The lowest BCUT2D eigenvalue weighted by Gasteiger charge is -1.94. The predicted octanol–water partition coefficient (Wildman–Crippen LogP) is -1.33. The van der Waals surface area contributed by atoms with Crippen molar-refractivity contribution in [1.82, 2.24) is 14.9 Å². The highest BCUT2D eigenvalue weighted by Gasteiger charge is 2.06. The Labute approximate surface area is 69.1 Å². The molecule has 0 spiro atoms. The van der Waals surface area contributed by atoms with E-state index in [2.05, 4.69) is 19.8 Å². The van der Waals surface area contributed by atoms with Crippen molar-refractivity contribution in [2.24, 2.45) is 5.14 Å². The topological polar surface area (TPSA) is 111 Å². The molecule has 1 aromatic rings. The third kappa shape index (κ3) is 2.95. The molecule has 0 aromatic carbocycles. The van der Waals surface area contributed by atoms with Crippen LogP contribution in [-0.2, 0) is 16.8 Å². The molecular formula is C4H8N4O3S. The summed E-state index contributed by atoms with van der Waals surface area (Å²) in [5.74, 6) is 0.628. The van der Waals surface area contributed by atoms with E-state index >= 15 is 0 Å². The summed E-state index contributed by atoms with van der Waals surface area (Å²) in [6, 6.07) is 0. The number of aryl methyl sites for hydroxylation is 1. The summed E-state index contributed by atoms with van der Waals surface area (Å²) >= 11 is 0. The van der Waals surface area contributed by atoms with Crippen LogP contribution in [0.3, 0.4) is 0 Å². The van der Waals surface area contributed by atoms with Gasteiger partial charge in [0.15, 0.2) is 5.82 Å². The standard InChI is InChI=1S/C4H8N4O3S/c1-3-7-4(11-8-3)2-6-12(5,9)10/h6H,2H2,1H3,(H2,5,9,10). The predicted molar refractivity (Wildman–Crippen MR) is 39.0 cm³/mol. The van der Waals surface area contributed by atoms with Crippen molar-refractivity contribution in [3.63, 3.8) is 0 Å². The van der Waals surface area contributed by atoms with Crippen molar-refractivity contribution < 1.29 is 12.9 Å². The Balaban J connectivity index is 2.55. The minimum atomic E-state index is -3.69. The smallest absolute Gasteiger partial charge is 0.274 e. The number of hydrogen-bond acceptors (Lipinski definition) is 5. The third-order valence-electron chi connectivity index (χ3n) is 0.994. The molecule has 0 atom stereocenters. The van der Waals surface area contributed by atoms with E-state index in [1.54, 1.807) is 6.92 Å². The highest BCUT2D eigenvalue weighted by molar-refractivity contribution is 7.87. The monoisotopic (exact) mass is 192 g/mol. The minimum Gasteiger partial charge on any atom is -0.338 e. The van der Waals surface area contributed by atoms with Crippen molar-refractivity contribution in [2.75, 3.05) is 0 Å². The molecule has 0 radical (unpaired) electrons. The van der Waals surface area contributed by atoms with Crippen molar-refractivity contribution in [3.8, 4) is 0 Å². The molecule has 0 bridgehead atoms. The average molecular weight is 192 g/mol. The second kappa shape index (κ2) is 3.17. The normalized spacial score (nSPS) is 11.8. The summed E-state index contributed by atoms with van der Waals surface area (Å²) in [6.45, 7) is 1.55. The molecule has 0 amide bonds. The lowest BCUT2D eigenvalue weighted by atomic mass is 10.6. The fourth-order valence-electron chi connectivity index (χ4n) is 0.574. The van der Waals surface area contributed by atoms with Gasteiger partial charge in [-0.25, -0.2) is 5.14 Å². The van der Waals surface area contributed by atoms with Crippen molar-refractivity contribution in [2.45, 2.75) is 13.5 Å². The molecule has 1 heterocycles. The lowest BCUT2D eigenvalue weighted by molar-refractivity contribution is 0.372. The fraction of sp³-hybridized carbons (Fsp3) is 0.500. The van der Waals surface area contributed by atoms with E-state index in [-0.39, 0.29) is 12.4 Å². The first-order valence-corrected chi connectivity index (χ1v) is 4.58. The first-order valence-electron chi connectivity index (χ1n) is 3.04. The maximum atomic E-state index is 10.4. The third-order valence-corrected chi connectivity index (χ3v) is 1.54. The Bertz CT molecular complexity index is 356. The van der Waals surface area contributed by atoms with E-state index in [0.29, 0.717) is 5.82 Å². The molecule has 68 valence electrons. The summed E-state index contributed by atoms with van der Waals surface area (Å²) in [4.78, 5) is 3.75. The van der Waals surface area contributed by atoms with Gasteiger partial charge in [-0.3, -0.25) is 0 Å². The molecule has 0 saturated heterocycles. The summed E-state index contributed by atoms with van der Waals surface area (Å²) in [6.07, 6.45) is 0. The molecule has 0 unspecified atom stereocenters. The van der Waals surface area contributed by atoms with Crippen molar-refractivity contribution in [3.05, 3.63) is 11.7 Å². The van der Waals surface area contributed by atoms with Crippen LogP contribution in [0.4, 0.5) is 0 Å². The van der Waals surface area contributed by atoms with Crippen LogP contribution >= 0.6 is 0 Å². The molecule has 0 fully saturated rings. The van der Waals surface area contributed by atoms with E-state index in [1.807, 2.05) is 4.72 Å². The zero-order valence-electron chi connectivity index (χ0n) is 6.31. The lowest BCUT2D eigenvalue weighted by Crippen LogP contribution is -2.30. The Hall–Kier alpha value is -0.990. The van der Waals surface area contributed by atoms with Gasteiger partial charge in [0, 0.05) is 0 Å². The van der Waals surface area contributed by atoms with Gasteiger partial charge < -0.3 is 4.52 Å². The summed E-state index contributed by atoms with van der Waals surface area (Å²) < 4.78 is 27.4. The van der Waals surface area contributed by atoms with Crippen LogP contribution in [0.25, 0.3) is 0 Å². The zero-order valence-corrected chi connectivity index (χ0v) is 7.13. The van der Waals surface area contributed by atoms with Crippen molar-refractivity contribution in [1.29, 1.82) is 0 Å². The van der Waals surface area contributed by atoms with Crippen LogP contribution in [0.1, 0.15) is 11.7 Å². The SMILES string of the molecule is Cc1noc(CNS(N)(=O)=O)n1. The first-order chi connectivity index (χ1) is 5.47. The van der Waals surface area contributed by atoms with Gasteiger partial charge in [-0.2, -0.15) is 18.1 Å². The van der Waals surface area contributed by atoms with Gasteiger partial charge in [0.25, 0.3) is 10.2 Å². The average Bonchev–Trinajstić information content (AvgIpc) is 2.30.